The first-order chi connectivity index (χ1) is 11.5. The largest absolute Gasteiger partial charge is 0.351 e. The zero-order chi connectivity index (χ0) is 17.5. The molecule has 0 unspecified atom stereocenters. The van der Waals surface area contributed by atoms with Gasteiger partial charge in [-0.25, -0.2) is 4.98 Å². The van der Waals surface area contributed by atoms with E-state index in [-0.39, 0.29) is 23.2 Å². The van der Waals surface area contributed by atoms with Crippen LogP contribution in [0.4, 0.5) is 5.69 Å². The number of aromatic nitrogens is 1. The van der Waals surface area contributed by atoms with E-state index >= 15 is 0 Å². The van der Waals surface area contributed by atoms with Crippen LogP contribution in [0.1, 0.15) is 46.8 Å². The van der Waals surface area contributed by atoms with Crippen molar-refractivity contribution in [2.24, 2.45) is 5.92 Å². The molecule has 2 amide bonds. The van der Waals surface area contributed by atoms with Crippen LogP contribution in [0, 0.1) is 12.8 Å². The Morgan fingerprint density at radius 1 is 1.00 bits per heavy atom. The van der Waals surface area contributed by atoms with Crippen LogP contribution in [0.15, 0.2) is 42.5 Å². The van der Waals surface area contributed by atoms with Gasteiger partial charge in [0.1, 0.15) is 11.4 Å². The molecule has 5 nitrogen and oxygen atoms in total. The Morgan fingerprint density at radius 3 is 2.25 bits per heavy atom. The first-order valence-corrected chi connectivity index (χ1v) is 8.09. The van der Waals surface area contributed by atoms with Crippen LogP contribution in [0.2, 0.25) is 0 Å². The first-order valence-electron chi connectivity index (χ1n) is 8.09. The van der Waals surface area contributed by atoms with Crippen LogP contribution in [0.3, 0.4) is 0 Å². The predicted octanol–water partition coefficient (Wildman–Crippen LogP) is 3.42. The maximum Gasteiger partial charge on any atom is 0.274 e. The van der Waals surface area contributed by atoms with E-state index in [1.54, 1.807) is 18.2 Å². The molecular weight excluding hydrogens is 302 g/mol. The monoisotopic (exact) mass is 325 g/mol. The molecule has 0 atom stereocenters. The zero-order valence-corrected chi connectivity index (χ0v) is 14.3. The van der Waals surface area contributed by atoms with Gasteiger partial charge in [0.15, 0.2) is 0 Å². The van der Waals surface area contributed by atoms with Crippen LogP contribution in [-0.2, 0) is 0 Å². The summed E-state index contributed by atoms with van der Waals surface area (Å²) in [5.41, 5.74) is 2.27. The molecule has 0 aliphatic carbocycles. The fourth-order valence-corrected chi connectivity index (χ4v) is 2.08. The zero-order valence-electron chi connectivity index (χ0n) is 14.3. The lowest BCUT2D eigenvalue weighted by atomic mass is 10.1. The molecule has 2 rings (SSSR count). The number of benzene rings is 1. The third-order valence-electron chi connectivity index (χ3n) is 3.53. The van der Waals surface area contributed by atoms with Gasteiger partial charge in [0.2, 0.25) is 0 Å². The van der Waals surface area contributed by atoms with Gasteiger partial charge < -0.3 is 10.6 Å². The third-order valence-corrected chi connectivity index (χ3v) is 3.53. The van der Waals surface area contributed by atoms with Crippen molar-refractivity contribution in [3.63, 3.8) is 0 Å². The quantitative estimate of drug-likeness (QED) is 0.855. The van der Waals surface area contributed by atoms with E-state index in [1.165, 1.54) is 0 Å². The fourth-order valence-electron chi connectivity index (χ4n) is 2.08. The minimum atomic E-state index is -0.337. The Hall–Kier alpha value is -2.69. The normalized spacial score (nSPS) is 10.5. The second kappa shape index (κ2) is 8.24. The molecule has 24 heavy (non-hydrogen) atoms. The Labute approximate surface area is 142 Å². The molecule has 0 saturated carbocycles. The Kier molecular flexibility index (Phi) is 6.07. The summed E-state index contributed by atoms with van der Waals surface area (Å²) in [5.74, 6) is -0.0822. The van der Waals surface area contributed by atoms with E-state index in [0.29, 0.717) is 18.2 Å². The van der Waals surface area contributed by atoms with Crippen molar-refractivity contribution in [1.82, 2.24) is 10.3 Å². The molecule has 2 aromatic rings. The highest BCUT2D eigenvalue weighted by Gasteiger charge is 2.12. The van der Waals surface area contributed by atoms with E-state index in [9.17, 15) is 9.59 Å². The highest BCUT2D eigenvalue weighted by atomic mass is 16.2. The summed E-state index contributed by atoms with van der Waals surface area (Å²) in [5, 5.41) is 5.60. The second-order valence-corrected chi connectivity index (χ2v) is 6.17. The van der Waals surface area contributed by atoms with Gasteiger partial charge in [-0.3, -0.25) is 9.59 Å². The maximum atomic E-state index is 12.3. The molecule has 126 valence electrons. The van der Waals surface area contributed by atoms with Gasteiger partial charge in [-0.05, 0) is 43.5 Å². The van der Waals surface area contributed by atoms with E-state index in [2.05, 4.69) is 29.5 Å². The van der Waals surface area contributed by atoms with E-state index in [1.807, 2.05) is 31.2 Å². The number of carbonyl (C=O) groups is 2. The number of hydrogen-bond acceptors (Lipinski definition) is 3. The number of amides is 2. The van der Waals surface area contributed by atoms with Crippen LogP contribution in [0.25, 0.3) is 0 Å². The molecule has 0 aliphatic rings. The standard InChI is InChI=1S/C19H23N3O2/c1-13(2)11-12-20-18(23)16-5-4-6-17(22-16)19(24)21-15-9-7-14(3)8-10-15/h4-10,13H,11-12H2,1-3H3,(H,20,23)(H,21,24). The van der Waals surface area contributed by atoms with Crippen molar-refractivity contribution < 1.29 is 9.59 Å². The number of nitrogens with one attached hydrogen (secondary N) is 2. The lowest BCUT2D eigenvalue weighted by Gasteiger charge is -2.08. The highest BCUT2D eigenvalue weighted by Crippen LogP contribution is 2.10. The smallest absolute Gasteiger partial charge is 0.274 e. The summed E-state index contributed by atoms with van der Waals surface area (Å²) in [7, 11) is 0. The van der Waals surface area contributed by atoms with Crippen LogP contribution >= 0.6 is 0 Å². The Balaban J connectivity index is 2.02. The minimum absolute atomic E-state index is 0.215. The van der Waals surface area contributed by atoms with Crippen LogP contribution in [0.5, 0.6) is 0 Å². The molecule has 0 saturated heterocycles. The van der Waals surface area contributed by atoms with Gasteiger partial charge >= 0.3 is 0 Å². The molecule has 1 aromatic heterocycles. The van der Waals surface area contributed by atoms with Crippen LogP contribution < -0.4 is 10.6 Å². The molecule has 0 spiro atoms. The maximum absolute atomic E-state index is 12.3. The number of nitrogens with zero attached hydrogens (tertiary/aromatic N) is 1. The highest BCUT2D eigenvalue weighted by molar-refractivity contribution is 6.03. The summed E-state index contributed by atoms with van der Waals surface area (Å²) in [6.07, 6.45) is 0.902. The molecular formula is C19H23N3O2. The first kappa shape index (κ1) is 17.7. The van der Waals surface area contributed by atoms with Gasteiger partial charge in [0.05, 0.1) is 0 Å². The molecule has 0 fully saturated rings. The van der Waals surface area contributed by atoms with Gasteiger partial charge in [-0.2, -0.15) is 0 Å². The lowest BCUT2D eigenvalue weighted by molar-refractivity contribution is 0.0947. The Bertz CT molecular complexity index is 709. The number of hydrogen-bond donors (Lipinski definition) is 2. The van der Waals surface area contributed by atoms with Crippen molar-refractivity contribution in [2.45, 2.75) is 27.2 Å². The summed E-state index contributed by atoms with van der Waals surface area (Å²) in [6.45, 7) is 6.77. The van der Waals surface area contributed by atoms with Gasteiger partial charge in [0.25, 0.3) is 11.8 Å². The third kappa shape index (κ3) is 5.19. The van der Waals surface area contributed by atoms with Crippen molar-refractivity contribution >= 4 is 17.5 Å². The molecule has 5 heteroatoms. The average molecular weight is 325 g/mol. The SMILES string of the molecule is Cc1ccc(NC(=O)c2cccc(C(=O)NCCC(C)C)n2)cc1. The van der Waals surface area contributed by atoms with E-state index in [4.69, 9.17) is 0 Å². The summed E-state index contributed by atoms with van der Waals surface area (Å²) in [6, 6.07) is 12.4. The predicted molar refractivity (Wildman–Crippen MR) is 95.2 cm³/mol. The molecule has 0 bridgehead atoms. The van der Waals surface area contributed by atoms with Gasteiger partial charge in [-0.15, -0.1) is 0 Å². The Morgan fingerprint density at radius 2 is 1.62 bits per heavy atom. The van der Waals surface area contributed by atoms with Crippen LogP contribution in [-0.4, -0.2) is 23.3 Å². The number of pyridine rings is 1. The second-order valence-electron chi connectivity index (χ2n) is 6.17. The number of carbonyl (C=O) groups excluding carboxylic acids is 2. The topological polar surface area (TPSA) is 71.1 Å². The fraction of sp³-hybridized carbons (Fsp3) is 0.316. The number of aryl methyl sites for hydroxylation is 1. The summed E-state index contributed by atoms with van der Waals surface area (Å²) in [4.78, 5) is 28.5. The van der Waals surface area contributed by atoms with Gasteiger partial charge in [-0.1, -0.05) is 37.6 Å². The molecule has 1 heterocycles. The summed E-state index contributed by atoms with van der Waals surface area (Å²) >= 11 is 0. The van der Waals surface area contributed by atoms with E-state index < -0.39 is 0 Å². The van der Waals surface area contributed by atoms with Crippen molar-refractivity contribution in [3.05, 3.63) is 59.4 Å². The minimum Gasteiger partial charge on any atom is -0.351 e. The van der Waals surface area contributed by atoms with Crippen molar-refractivity contribution in [3.8, 4) is 0 Å². The number of rotatable bonds is 6. The summed E-state index contributed by atoms with van der Waals surface area (Å²) < 4.78 is 0. The van der Waals surface area contributed by atoms with E-state index in [0.717, 1.165) is 12.0 Å². The number of anilines is 1. The average Bonchev–Trinajstić information content (AvgIpc) is 2.56. The van der Waals surface area contributed by atoms with Crippen molar-refractivity contribution in [2.75, 3.05) is 11.9 Å². The molecule has 0 aliphatic heterocycles. The van der Waals surface area contributed by atoms with Gasteiger partial charge in [0, 0.05) is 12.2 Å². The molecule has 0 radical (unpaired) electrons. The van der Waals surface area contributed by atoms with Crippen molar-refractivity contribution in [1.29, 1.82) is 0 Å². The molecule has 1 aromatic carbocycles. The molecule has 2 N–H and O–H groups in total. The lowest BCUT2D eigenvalue weighted by Crippen LogP contribution is -2.27.